The number of halogens is 1. The standard InChI is InChI=1S/C13H8ClN3O2/c14-12-5-9(13(18)19)4-10(16-12)7-1-2-8-6-15-17-11(8)3-7/h1-6H,(H,15,17)(H,18,19). The first-order chi connectivity index (χ1) is 9.13. The zero-order valence-electron chi connectivity index (χ0n) is 9.59. The van der Waals surface area contributed by atoms with Gasteiger partial charge in [0.2, 0.25) is 0 Å². The minimum Gasteiger partial charge on any atom is -0.478 e. The predicted molar refractivity (Wildman–Crippen MR) is 71.3 cm³/mol. The molecule has 2 N–H and O–H groups in total. The Morgan fingerprint density at radius 2 is 2.11 bits per heavy atom. The molecule has 0 saturated carbocycles. The van der Waals surface area contributed by atoms with Crippen LogP contribution in [0.4, 0.5) is 0 Å². The fraction of sp³-hybridized carbons (Fsp3) is 0. The Morgan fingerprint density at radius 3 is 2.89 bits per heavy atom. The van der Waals surface area contributed by atoms with E-state index in [9.17, 15) is 4.79 Å². The molecule has 6 heteroatoms. The minimum atomic E-state index is -1.03. The number of carboxylic acids is 1. The molecular weight excluding hydrogens is 266 g/mol. The molecule has 0 amide bonds. The molecule has 1 aromatic carbocycles. The summed E-state index contributed by atoms with van der Waals surface area (Å²) in [6.45, 7) is 0. The fourth-order valence-corrected chi connectivity index (χ4v) is 2.07. The zero-order chi connectivity index (χ0) is 13.4. The maximum Gasteiger partial charge on any atom is 0.335 e. The number of aromatic amines is 1. The van der Waals surface area contributed by atoms with Gasteiger partial charge in [0.1, 0.15) is 5.15 Å². The van der Waals surface area contributed by atoms with E-state index in [1.807, 2.05) is 18.2 Å². The summed E-state index contributed by atoms with van der Waals surface area (Å²) in [6.07, 6.45) is 1.72. The van der Waals surface area contributed by atoms with Gasteiger partial charge >= 0.3 is 5.97 Å². The highest BCUT2D eigenvalue weighted by Gasteiger charge is 2.09. The number of benzene rings is 1. The van der Waals surface area contributed by atoms with E-state index in [2.05, 4.69) is 15.2 Å². The van der Waals surface area contributed by atoms with Crippen molar-refractivity contribution in [3.8, 4) is 11.3 Å². The van der Waals surface area contributed by atoms with E-state index in [1.54, 1.807) is 6.20 Å². The van der Waals surface area contributed by atoms with E-state index in [-0.39, 0.29) is 10.7 Å². The van der Waals surface area contributed by atoms with E-state index in [0.717, 1.165) is 16.5 Å². The molecule has 3 aromatic rings. The third-order valence-corrected chi connectivity index (χ3v) is 2.97. The molecule has 0 radical (unpaired) electrons. The number of carbonyl (C=O) groups is 1. The molecule has 0 bridgehead atoms. The van der Waals surface area contributed by atoms with Gasteiger partial charge in [-0.3, -0.25) is 5.10 Å². The predicted octanol–water partition coefficient (Wildman–Crippen LogP) is 2.98. The average molecular weight is 274 g/mol. The van der Waals surface area contributed by atoms with Gasteiger partial charge in [-0.25, -0.2) is 9.78 Å². The summed E-state index contributed by atoms with van der Waals surface area (Å²) in [4.78, 5) is 15.2. The number of aromatic carboxylic acids is 1. The van der Waals surface area contributed by atoms with Crippen molar-refractivity contribution in [2.24, 2.45) is 0 Å². The Kier molecular flexibility index (Phi) is 2.68. The molecule has 5 nitrogen and oxygen atoms in total. The number of aromatic nitrogens is 3. The van der Waals surface area contributed by atoms with E-state index in [0.29, 0.717) is 5.69 Å². The normalized spacial score (nSPS) is 10.8. The van der Waals surface area contributed by atoms with E-state index >= 15 is 0 Å². The van der Waals surface area contributed by atoms with Crippen LogP contribution in [0.15, 0.2) is 36.5 Å². The molecule has 3 rings (SSSR count). The number of hydrogen-bond donors (Lipinski definition) is 2. The van der Waals surface area contributed by atoms with Crippen molar-refractivity contribution < 1.29 is 9.90 Å². The number of H-pyrrole nitrogens is 1. The highest BCUT2D eigenvalue weighted by Crippen LogP contribution is 2.24. The van der Waals surface area contributed by atoms with Gasteiger partial charge in [-0.1, -0.05) is 23.7 Å². The van der Waals surface area contributed by atoms with Crippen LogP contribution in [0.1, 0.15) is 10.4 Å². The lowest BCUT2D eigenvalue weighted by atomic mass is 10.1. The lowest BCUT2D eigenvalue weighted by molar-refractivity contribution is 0.0697. The van der Waals surface area contributed by atoms with Crippen molar-refractivity contribution in [3.63, 3.8) is 0 Å². The maximum atomic E-state index is 11.0. The van der Waals surface area contributed by atoms with Crippen LogP contribution in [0, 0.1) is 0 Å². The topological polar surface area (TPSA) is 78.9 Å². The molecule has 0 unspecified atom stereocenters. The highest BCUT2D eigenvalue weighted by molar-refractivity contribution is 6.29. The van der Waals surface area contributed by atoms with Crippen LogP contribution >= 0.6 is 11.6 Å². The highest BCUT2D eigenvalue weighted by atomic mass is 35.5. The van der Waals surface area contributed by atoms with Crippen LogP contribution in [0.25, 0.3) is 22.2 Å². The second-order valence-corrected chi connectivity index (χ2v) is 4.43. The zero-order valence-corrected chi connectivity index (χ0v) is 10.3. The minimum absolute atomic E-state index is 0.111. The van der Waals surface area contributed by atoms with Crippen molar-refractivity contribution in [2.75, 3.05) is 0 Å². The summed E-state index contributed by atoms with van der Waals surface area (Å²) in [5.74, 6) is -1.03. The molecule has 0 aliphatic rings. The Morgan fingerprint density at radius 1 is 1.26 bits per heavy atom. The number of hydrogen-bond acceptors (Lipinski definition) is 3. The smallest absolute Gasteiger partial charge is 0.335 e. The first-order valence-corrected chi connectivity index (χ1v) is 5.86. The fourth-order valence-electron chi connectivity index (χ4n) is 1.86. The van der Waals surface area contributed by atoms with Crippen LogP contribution in [0.3, 0.4) is 0 Å². The largest absolute Gasteiger partial charge is 0.478 e. The van der Waals surface area contributed by atoms with Crippen molar-refractivity contribution in [2.45, 2.75) is 0 Å². The summed E-state index contributed by atoms with van der Waals surface area (Å²) in [5, 5.41) is 16.9. The lowest BCUT2D eigenvalue weighted by Gasteiger charge is -2.03. The maximum absolute atomic E-state index is 11.0. The molecule has 0 atom stereocenters. The van der Waals surface area contributed by atoms with Gasteiger partial charge in [0.05, 0.1) is 23.0 Å². The second-order valence-electron chi connectivity index (χ2n) is 4.04. The molecule has 0 aliphatic heterocycles. The van der Waals surface area contributed by atoms with Crippen LogP contribution in [-0.2, 0) is 0 Å². The first kappa shape index (κ1) is 11.7. The average Bonchev–Trinajstić information content (AvgIpc) is 2.85. The molecule has 2 aromatic heterocycles. The number of nitrogens with one attached hydrogen (secondary N) is 1. The van der Waals surface area contributed by atoms with Crippen molar-refractivity contribution in [1.29, 1.82) is 0 Å². The van der Waals surface area contributed by atoms with E-state index < -0.39 is 5.97 Å². The van der Waals surface area contributed by atoms with Gasteiger partial charge in [-0.15, -0.1) is 0 Å². The first-order valence-electron chi connectivity index (χ1n) is 5.48. The van der Waals surface area contributed by atoms with Crippen molar-refractivity contribution in [3.05, 3.63) is 47.2 Å². The summed E-state index contributed by atoms with van der Waals surface area (Å²) in [7, 11) is 0. The third kappa shape index (κ3) is 2.15. The number of pyridine rings is 1. The van der Waals surface area contributed by atoms with Gasteiger partial charge in [0.15, 0.2) is 0 Å². The van der Waals surface area contributed by atoms with Gasteiger partial charge < -0.3 is 5.11 Å². The van der Waals surface area contributed by atoms with Crippen molar-refractivity contribution >= 4 is 28.5 Å². The second kappa shape index (κ2) is 4.37. The van der Waals surface area contributed by atoms with Crippen LogP contribution < -0.4 is 0 Å². The molecule has 94 valence electrons. The number of carboxylic acid groups (broad SMARTS) is 1. The number of nitrogens with zero attached hydrogens (tertiary/aromatic N) is 2. The Balaban J connectivity index is 2.17. The van der Waals surface area contributed by atoms with Crippen LogP contribution in [0.2, 0.25) is 5.15 Å². The van der Waals surface area contributed by atoms with Crippen molar-refractivity contribution in [1.82, 2.24) is 15.2 Å². The van der Waals surface area contributed by atoms with Gasteiger partial charge in [0, 0.05) is 10.9 Å². The molecule has 0 spiro atoms. The Labute approximate surface area is 112 Å². The quantitative estimate of drug-likeness (QED) is 0.704. The van der Waals surface area contributed by atoms with Crippen LogP contribution in [0.5, 0.6) is 0 Å². The SMILES string of the molecule is O=C(O)c1cc(Cl)nc(-c2ccc3cn[nH]c3c2)c1. The van der Waals surface area contributed by atoms with Gasteiger partial charge in [0.25, 0.3) is 0 Å². The Hall–Kier alpha value is -2.40. The molecule has 0 saturated heterocycles. The Bertz CT molecular complexity index is 782. The molecule has 19 heavy (non-hydrogen) atoms. The monoisotopic (exact) mass is 273 g/mol. The summed E-state index contributed by atoms with van der Waals surface area (Å²) in [6, 6.07) is 8.40. The lowest BCUT2D eigenvalue weighted by Crippen LogP contribution is -1.98. The summed E-state index contributed by atoms with van der Waals surface area (Å²) >= 11 is 5.85. The third-order valence-electron chi connectivity index (χ3n) is 2.78. The van der Waals surface area contributed by atoms with E-state index in [4.69, 9.17) is 16.7 Å². The van der Waals surface area contributed by atoms with Crippen LogP contribution in [-0.4, -0.2) is 26.3 Å². The summed E-state index contributed by atoms with van der Waals surface area (Å²) in [5.41, 5.74) is 2.26. The van der Waals surface area contributed by atoms with Gasteiger partial charge in [-0.2, -0.15) is 5.10 Å². The van der Waals surface area contributed by atoms with Gasteiger partial charge in [-0.05, 0) is 18.2 Å². The molecular formula is C13H8ClN3O2. The molecule has 0 fully saturated rings. The summed E-state index contributed by atoms with van der Waals surface area (Å²) < 4.78 is 0. The molecule has 0 aliphatic carbocycles. The number of fused-ring (bicyclic) bond motifs is 1. The number of rotatable bonds is 2. The molecule has 2 heterocycles. The van der Waals surface area contributed by atoms with E-state index in [1.165, 1.54) is 12.1 Å².